The van der Waals surface area contributed by atoms with E-state index in [0.717, 1.165) is 24.8 Å². The fourth-order valence-electron chi connectivity index (χ4n) is 3.58. The Kier molecular flexibility index (Phi) is 6.36. The summed E-state index contributed by atoms with van der Waals surface area (Å²) < 4.78 is 28.0. The van der Waals surface area contributed by atoms with Crippen molar-refractivity contribution in [3.05, 3.63) is 65.2 Å². The van der Waals surface area contributed by atoms with Crippen molar-refractivity contribution >= 4 is 15.9 Å². The molecule has 1 aliphatic rings. The minimum atomic E-state index is -3.78. The molecule has 3 rings (SSSR count). The molecule has 152 valence electrons. The van der Waals surface area contributed by atoms with Gasteiger partial charge < -0.3 is 5.32 Å². The van der Waals surface area contributed by atoms with Crippen molar-refractivity contribution in [2.24, 2.45) is 0 Å². The first-order chi connectivity index (χ1) is 13.9. The average molecular weight is 412 g/mol. The lowest BCUT2D eigenvalue weighted by molar-refractivity contribution is 0.0902. The van der Waals surface area contributed by atoms with Gasteiger partial charge in [0.25, 0.3) is 5.91 Å². The molecule has 2 aromatic carbocycles. The second-order valence-corrected chi connectivity index (χ2v) is 9.26. The second-order valence-electron chi connectivity index (χ2n) is 7.50. The van der Waals surface area contributed by atoms with Gasteiger partial charge in [0.15, 0.2) is 0 Å². The van der Waals surface area contributed by atoms with E-state index in [2.05, 4.69) is 16.1 Å². The van der Waals surface area contributed by atoms with E-state index in [1.54, 1.807) is 13.0 Å². The molecular weight excluding hydrogens is 386 g/mol. The van der Waals surface area contributed by atoms with Gasteiger partial charge in [0.05, 0.1) is 11.0 Å². The Morgan fingerprint density at radius 1 is 1.10 bits per heavy atom. The zero-order valence-corrected chi connectivity index (χ0v) is 17.3. The van der Waals surface area contributed by atoms with Crippen LogP contribution in [-0.4, -0.2) is 19.9 Å². The molecule has 0 heterocycles. The van der Waals surface area contributed by atoms with E-state index in [-0.39, 0.29) is 17.0 Å². The Morgan fingerprint density at radius 2 is 1.79 bits per heavy atom. The van der Waals surface area contributed by atoms with Crippen LogP contribution in [0.5, 0.6) is 0 Å². The van der Waals surface area contributed by atoms with Crippen LogP contribution in [0.25, 0.3) is 0 Å². The predicted octanol–water partition coefficient (Wildman–Crippen LogP) is 3.43. The highest BCUT2D eigenvalue weighted by Crippen LogP contribution is 2.28. The van der Waals surface area contributed by atoms with Crippen LogP contribution in [0, 0.1) is 18.3 Å². The van der Waals surface area contributed by atoms with Crippen LogP contribution < -0.4 is 10.0 Å². The number of hydrogen-bond acceptors (Lipinski definition) is 4. The zero-order chi connectivity index (χ0) is 20.9. The molecule has 0 aromatic heterocycles. The van der Waals surface area contributed by atoms with Crippen LogP contribution in [0.4, 0.5) is 0 Å². The van der Waals surface area contributed by atoms with E-state index >= 15 is 0 Å². The van der Waals surface area contributed by atoms with Crippen molar-refractivity contribution < 1.29 is 13.2 Å². The van der Waals surface area contributed by atoms with Crippen molar-refractivity contribution in [3.63, 3.8) is 0 Å². The summed E-state index contributed by atoms with van der Waals surface area (Å²) >= 11 is 0. The molecule has 2 aromatic rings. The molecule has 0 saturated heterocycles. The van der Waals surface area contributed by atoms with E-state index in [1.807, 2.05) is 30.3 Å². The number of hydrogen-bond donors (Lipinski definition) is 2. The van der Waals surface area contributed by atoms with Crippen LogP contribution in [0.2, 0.25) is 0 Å². The van der Waals surface area contributed by atoms with Gasteiger partial charge in [-0.15, -0.1) is 0 Å². The number of benzene rings is 2. The predicted molar refractivity (Wildman–Crippen MR) is 111 cm³/mol. The maximum atomic E-state index is 12.9. The van der Waals surface area contributed by atoms with Gasteiger partial charge in [-0.05, 0) is 43.0 Å². The molecule has 1 amide bonds. The fraction of sp³-hybridized carbons (Fsp3) is 0.364. The van der Waals surface area contributed by atoms with E-state index in [1.165, 1.54) is 12.1 Å². The van der Waals surface area contributed by atoms with Crippen LogP contribution >= 0.6 is 0 Å². The molecule has 7 heteroatoms. The molecule has 2 N–H and O–H groups in total. The summed E-state index contributed by atoms with van der Waals surface area (Å²) in [5.74, 6) is -0.411. The summed E-state index contributed by atoms with van der Waals surface area (Å²) in [6.07, 6.45) is 4.07. The SMILES string of the molecule is Cc1ccc(S(=O)(=O)NCc2ccccc2)cc1C(=O)NC1(C#N)CCCCC1. The van der Waals surface area contributed by atoms with Gasteiger partial charge in [0, 0.05) is 12.1 Å². The largest absolute Gasteiger partial charge is 0.334 e. The highest BCUT2D eigenvalue weighted by atomic mass is 32.2. The van der Waals surface area contributed by atoms with E-state index in [0.29, 0.717) is 18.4 Å². The van der Waals surface area contributed by atoms with Gasteiger partial charge in [-0.3, -0.25) is 4.79 Å². The van der Waals surface area contributed by atoms with Crippen molar-refractivity contribution in [1.82, 2.24) is 10.0 Å². The lowest BCUT2D eigenvalue weighted by Crippen LogP contribution is -2.48. The lowest BCUT2D eigenvalue weighted by atomic mass is 9.82. The average Bonchev–Trinajstić information content (AvgIpc) is 2.74. The first-order valence-electron chi connectivity index (χ1n) is 9.73. The Hall–Kier alpha value is -2.69. The summed E-state index contributed by atoms with van der Waals surface area (Å²) in [4.78, 5) is 12.9. The number of rotatable bonds is 6. The Bertz CT molecular complexity index is 1020. The van der Waals surface area contributed by atoms with Gasteiger partial charge in [-0.25, -0.2) is 13.1 Å². The third kappa shape index (κ3) is 5.03. The summed E-state index contributed by atoms with van der Waals surface area (Å²) in [7, 11) is -3.78. The number of sulfonamides is 1. The second kappa shape index (κ2) is 8.76. The third-order valence-electron chi connectivity index (χ3n) is 5.35. The highest BCUT2D eigenvalue weighted by Gasteiger charge is 2.34. The highest BCUT2D eigenvalue weighted by molar-refractivity contribution is 7.89. The lowest BCUT2D eigenvalue weighted by Gasteiger charge is -2.31. The van der Waals surface area contributed by atoms with Crippen molar-refractivity contribution in [1.29, 1.82) is 5.26 Å². The Balaban J connectivity index is 1.80. The van der Waals surface area contributed by atoms with Gasteiger partial charge in [-0.1, -0.05) is 55.7 Å². The Morgan fingerprint density at radius 3 is 2.45 bits per heavy atom. The maximum absolute atomic E-state index is 12.9. The van der Waals surface area contributed by atoms with Crippen LogP contribution in [0.3, 0.4) is 0 Å². The summed E-state index contributed by atoms with van der Waals surface area (Å²) in [5, 5.41) is 12.5. The number of nitriles is 1. The van der Waals surface area contributed by atoms with Crippen molar-refractivity contribution in [2.45, 2.75) is 56.0 Å². The van der Waals surface area contributed by atoms with Crippen LogP contribution in [-0.2, 0) is 16.6 Å². The molecule has 29 heavy (non-hydrogen) atoms. The number of nitrogens with zero attached hydrogens (tertiary/aromatic N) is 1. The van der Waals surface area contributed by atoms with Gasteiger partial charge in [0.1, 0.15) is 5.54 Å². The number of carbonyl (C=O) groups is 1. The van der Waals surface area contributed by atoms with Gasteiger partial charge in [0.2, 0.25) is 10.0 Å². The molecule has 6 nitrogen and oxygen atoms in total. The molecular formula is C22H25N3O3S. The summed E-state index contributed by atoms with van der Waals surface area (Å²) in [6.45, 7) is 1.92. The molecule has 1 saturated carbocycles. The van der Waals surface area contributed by atoms with Crippen molar-refractivity contribution in [2.75, 3.05) is 0 Å². The fourth-order valence-corrected chi connectivity index (χ4v) is 4.62. The smallest absolute Gasteiger partial charge is 0.252 e. The van der Waals surface area contributed by atoms with E-state index in [4.69, 9.17) is 0 Å². The van der Waals surface area contributed by atoms with Gasteiger partial charge in [-0.2, -0.15) is 5.26 Å². The van der Waals surface area contributed by atoms with Crippen LogP contribution in [0.15, 0.2) is 53.4 Å². The summed E-state index contributed by atoms with van der Waals surface area (Å²) in [6, 6.07) is 16.0. The number of nitrogens with one attached hydrogen (secondary N) is 2. The van der Waals surface area contributed by atoms with Gasteiger partial charge >= 0.3 is 0 Å². The minimum absolute atomic E-state index is 0.0267. The molecule has 1 fully saturated rings. The number of carbonyl (C=O) groups excluding carboxylic acids is 1. The first kappa shape index (κ1) is 21.0. The minimum Gasteiger partial charge on any atom is -0.334 e. The standard InChI is InChI=1S/C22H25N3O3S/c1-17-10-11-19(29(27,28)24-15-18-8-4-2-5-9-18)14-20(17)21(26)25-22(16-23)12-6-3-7-13-22/h2,4-5,8-11,14,24H,3,6-7,12-13,15H2,1H3,(H,25,26). The third-order valence-corrected chi connectivity index (χ3v) is 6.75. The van der Waals surface area contributed by atoms with Crippen molar-refractivity contribution in [3.8, 4) is 6.07 Å². The molecule has 0 atom stereocenters. The molecule has 0 bridgehead atoms. The normalized spacial score (nSPS) is 16.0. The number of amides is 1. The molecule has 0 aliphatic heterocycles. The molecule has 0 unspecified atom stereocenters. The number of aryl methyl sites for hydroxylation is 1. The molecule has 1 aliphatic carbocycles. The van der Waals surface area contributed by atoms with Crippen LogP contribution in [0.1, 0.15) is 53.6 Å². The monoisotopic (exact) mass is 411 g/mol. The molecule has 0 spiro atoms. The maximum Gasteiger partial charge on any atom is 0.252 e. The Labute approximate surface area is 172 Å². The quantitative estimate of drug-likeness (QED) is 0.761. The van der Waals surface area contributed by atoms with E-state index < -0.39 is 21.5 Å². The topological polar surface area (TPSA) is 99.1 Å². The summed E-state index contributed by atoms with van der Waals surface area (Å²) in [5.41, 5.74) is 0.901. The van der Waals surface area contributed by atoms with E-state index in [9.17, 15) is 18.5 Å². The zero-order valence-electron chi connectivity index (χ0n) is 16.4. The molecule has 0 radical (unpaired) electrons. The first-order valence-corrected chi connectivity index (χ1v) is 11.2.